The number of ether oxygens (including phenoxy) is 2. The predicted octanol–water partition coefficient (Wildman–Crippen LogP) is 3.35. The van der Waals surface area contributed by atoms with E-state index in [2.05, 4.69) is 10.2 Å². The van der Waals surface area contributed by atoms with Gasteiger partial charge in [0.2, 0.25) is 0 Å². The highest BCUT2D eigenvalue weighted by Gasteiger charge is 2.42. The van der Waals surface area contributed by atoms with Crippen molar-refractivity contribution in [3.8, 4) is 11.5 Å². The lowest BCUT2D eigenvalue weighted by atomic mass is 9.75. The number of nitrogens with one attached hydrogen (secondary N) is 1. The fourth-order valence-corrected chi connectivity index (χ4v) is 4.62. The Kier molecular flexibility index (Phi) is 7.38. The van der Waals surface area contributed by atoms with Gasteiger partial charge in [0.25, 0.3) is 5.69 Å². The number of nitrogens with zero attached hydrogens (tertiary/aromatic N) is 2. The molecule has 0 aliphatic carbocycles. The third kappa shape index (κ3) is 4.57. The summed E-state index contributed by atoms with van der Waals surface area (Å²) in [4.78, 5) is 25.4. The molecule has 2 aromatic rings. The van der Waals surface area contributed by atoms with Crippen LogP contribution in [0, 0.1) is 10.1 Å². The molecule has 0 aromatic heterocycles. The Morgan fingerprint density at radius 2 is 1.72 bits per heavy atom. The van der Waals surface area contributed by atoms with Crippen LogP contribution in [-0.4, -0.2) is 56.0 Å². The number of fused-ring (bicyclic) bond motifs is 2. The van der Waals surface area contributed by atoms with Gasteiger partial charge in [0.05, 0.1) is 25.7 Å². The van der Waals surface area contributed by atoms with Crippen molar-refractivity contribution in [1.82, 2.24) is 10.2 Å². The van der Waals surface area contributed by atoms with Gasteiger partial charge in [-0.1, -0.05) is 12.1 Å². The summed E-state index contributed by atoms with van der Waals surface area (Å²) in [6.07, 6.45) is 2.63. The summed E-state index contributed by atoms with van der Waals surface area (Å²) in [6.45, 7) is 3.03. The minimum atomic E-state index is -0.377. The van der Waals surface area contributed by atoms with E-state index in [0.717, 1.165) is 55.6 Å². The van der Waals surface area contributed by atoms with Crippen molar-refractivity contribution in [2.24, 2.45) is 0 Å². The molecule has 1 N–H and O–H groups in total. The Bertz CT molecular complexity index is 988. The van der Waals surface area contributed by atoms with Crippen LogP contribution in [0.3, 0.4) is 0 Å². The van der Waals surface area contributed by atoms with Crippen LogP contribution in [0.4, 0.5) is 5.69 Å². The number of rotatable bonds is 6. The minimum absolute atomic E-state index is 0. The Balaban J connectivity index is 0.00000289. The van der Waals surface area contributed by atoms with Crippen LogP contribution in [0.5, 0.6) is 11.5 Å². The lowest BCUT2D eigenvalue weighted by Crippen LogP contribution is -2.55. The van der Waals surface area contributed by atoms with Gasteiger partial charge in [0.1, 0.15) is 0 Å². The maximum absolute atomic E-state index is 12.6. The molecule has 0 amide bonds. The highest BCUT2D eigenvalue weighted by Crippen LogP contribution is 2.42. The molecule has 0 unspecified atom stereocenters. The summed E-state index contributed by atoms with van der Waals surface area (Å²) < 4.78 is 10.9. The normalized spacial score (nSPS) is 17.4. The Labute approximate surface area is 193 Å². The Hall–Kier alpha value is -2.68. The average molecular weight is 462 g/mol. The second-order valence-corrected chi connectivity index (χ2v) is 8.13. The standard InChI is InChI=1S/C23H27N3O5.ClH/c1-30-21-13-18-19(14-22(21)31-2)23(24-15-20(18)27)8-11-25(12-9-23)10-7-16-3-5-17(6-4-16)26(28)29;/h3-6,13-14,24H,7-12,15H2,1-2H3;1H. The van der Waals surface area contributed by atoms with E-state index < -0.39 is 0 Å². The molecule has 8 nitrogen and oxygen atoms in total. The van der Waals surface area contributed by atoms with Crippen LogP contribution < -0.4 is 14.8 Å². The number of likely N-dealkylation sites (tertiary alicyclic amines) is 1. The van der Waals surface area contributed by atoms with Crippen molar-refractivity contribution in [3.05, 3.63) is 63.2 Å². The van der Waals surface area contributed by atoms with Crippen molar-refractivity contribution in [1.29, 1.82) is 0 Å². The second-order valence-electron chi connectivity index (χ2n) is 8.13. The van der Waals surface area contributed by atoms with Gasteiger partial charge < -0.3 is 19.7 Å². The fourth-order valence-electron chi connectivity index (χ4n) is 4.62. The number of hydrogen-bond donors (Lipinski definition) is 1. The summed E-state index contributed by atoms with van der Waals surface area (Å²) in [5.74, 6) is 1.28. The quantitative estimate of drug-likeness (QED) is 0.520. The van der Waals surface area contributed by atoms with E-state index in [1.165, 1.54) is 0 Å². The first-order valence-corrected chi connectivity index (χ1v) is 10.5. The summed E-state index contributed by atoms with van der Waals surface area (Å²) in [5, 5.41) is 14.3. The molecule has 32 heavy (non-hydrogen) atoms. The average Bonchev–Trinajstić information content (AvgIpc) is 2.80. The van der Waals surface area contributed by atoms with Crippen LogP contribution >= 0.6 is 12.4 Å². The van der Waals surface area contributed by atoms with Gasteiger partial charge in [-0.3, -0.25) is 14.9 Å². The van der Waals surface area contributed by atoms with Gasteiger partial charge in [0, 0.05) is 42.9 Å². The van der Waals surface area contributed by atoms with Crippen molar-refractivity contribution in [2.75, 3.05) is 40.4 Å². The van der Waals surface area contributed by atoms with Crippen molar-refractivity contribution in [3.63, 3.8) is 0 Å². The summed E-state index contributed by atoms with van der Waals surface area (Å²) >= 11 is 0. The van der Waals surface area contributed by atoms with Gasteiger partial charge in [-0.25, -0.2) is 0 Å². The van der Waals surface area contributed by atoms with Gasteiger partial charge >= 0.3 is 0 Å². The first-order chi connectivity index (χ1) is 15.0. The van der Waals surface area contributed by atoms with E-state index >= 15 is 0 Å². The highest BCUT2D eigenvalue weighted by atomic mass is 35.5. The van der Waals surface area contributed by atoms with Gasteiger partial charge in [-0.05, 0) is 42.5 Å². The molecule has 1 fully saturated rings. The number of benzene rings is 2. The van der Waals surface area contributed by atoms with Gasteiger partial charge in [-0.15, -0.1) is 12.4 Å². The number of non-ortho nitro benzene ring substituents is 1. The zero-order valence-electron chi connectivity index (χ0n) is 18.3. The predicted molar refractivity (Wildman–Crippen MR) is 123 cm³/mol. The third-order valence-corrected chi connectivity index (χ3v) is 6.50. The number of methoxy groups -OCH3 is 2. The number of nitro benzene ring substituents is 1. The number of carbonyl (C=O) groups is 1. The smallest absolute Gasteiger partial charge is 0.269 e. The molecule has 0 radical (unpaired) electrons. The van der Waals surface area contributed by atoms with Crippen LogP contribution in [0.25, 0.3) is 0 Å². The third-order valence-electron chi connectivity index (χ3n) is 6.50. The van der Waals surface area contributed by atoms with Crippen LogP contribution in [0.2, 0.25) is 0 Å². The molecule has 2 aliphatic rings. The molecule has 4 rings (SSSR count). The number of Topliss-reactive ketones (excluding diaryl/α,β-unsaturated/α-hetero) is 1. The molecule has 2 aromatic carbocycles. The summed E-state index contributed by atoms with van der Waals surface area (Å²) in [6, 6.07) is 10.5. The monoisotopic (exact) mass is 461 g/mol. The molecular weight excluding hydrogens is 434 g/mol. The maximum Gasteiger partial charge on any atom is 0.269 e. The molecule has 1 saturated heterocycles. The first-order valence-electron chi connectivity index (χ1n) is 10.5. The zero-order chi connectivity index (χ0) is 22.0. The lowest BCUT2D eigenvalue weighted by molar-refractivity contribution is -0.384. The number of carbonyl (C=O) groups excluding carboxylic acids is 1. The number of halogens is 1. The largest absolute Gasteiger partial charge is 0.493 e. The molecule has 2 aliphatic heterocycles. The Morgan fingerprint density at radius 1 is 1.09 bits per heavy atom. The lowest BCUT2D eigenvalue weighted by Gasteiger charge is -2.45. The highest BCUT2D eigenvalue weighted by molar-refractivity contribution is 6.01. The number of ketones is 1. The molecule has 1 spiro atoms. The van der Waals surface area contributed by atoms with E-state index in [1.54, 1.807) is 32.4 Å². The van der Waals surface area contributed by atoms with Crippen molar-refractivity contribution >= 4 is 23.9 Å². The number of piperidine rings is 1. The Morgan fingerprint density at radius 3 is 2.31 bits per heavy atom. The topological polar surface area (TPSA) is 93.9 Å². The molecule has 0 atom stereocenters. The molecular formula is C23H28ClN3O5. The molecule has 9 heteroatoms. The molecule has 2 heterocycles. The number of nitro groups is 1. The fraction of sp³-hybridized carbons (Fsp3) is 0.435. The van der Waals surface area contributed by atoms with E-state index in [1.807, 2.05) is 18.2 Å². The van der Waals surface area contributed by atoms with Crippen LogP contribution in [-0.2, 0) is 12.0 Å². The van der Waals surface area contributed by atoms with Crippen LogP contribution in [0.1, 0.15) is 34.3 Å². The molecule has 0 bridgehead atoms. The van der Waals surface area contributed by atoms with Crippen molar-refractivity contribution < 1.29 is 19.2 Å². The van der Waals surface area contributed by atoms with Gasteiger partial charge in [0.15, 0.2) is 17.3 Å². The second kappa shape index (κ2) is 9.85. The molecule has 0 saturated carbocycles. The maximum atomic E-state index is 12.6. The van der Waals surface area contributed by atoms with E-state index in [4.69, 9.17) is 9.47 Å². The minimum Gasteiger partial charge on any atom is -0.493 e. The first kappa shape index (κ1) is 24.0. The van der Waals surface area contributed by atoms with E-state index in [9.17, 15) is 14.9 Å². The van der Waals surface area contributed by atoms with E-state index in [-0.39, 0.29) is 34.3 Å². The van der Waals surface area contributed by atoms with Gasteiger partial charge in [-0.2, -0.15) is 0 Å². The number of hydrogen-bond acceptors (Lipinski definition) is 7. The summed E-state index contributed by atoms with van der Waals surface area (Å²) in [7, 11) is 3.19. The van der Waals surface area contributed by atoms with Crippen molar-refractivity contribution in [2.45, 2.75) is 24.8 Å². The molecule has 172 valence electrons. The van der Waals surface area contributed by atoms with Crippen LogP contribution in [0.15, 0.2) is 36.4 Å². The zero-order valence-corrected chi connectivity index (χ0v) is 19.1. The van der Waals surface area contributed by atoms with E-state index in [0.29, 0.717) is 18.0 Å². The SMILES string of the molecule is COc1cc2c(cc1OC)C1(CCN(CCc3ccc([N+](=O)[O-])cc3)CC1)NCC2=O.Cl. The summed E-state index contributed by atoms with van der Waals surface area (Å²) in [5.41, 5.74) is 2.68.